The molecule has 0 amide bonds. The molecule has 4 aromatic rings. The van der Waals surface area contributed by atoms with E-state index >= 15 is 0 Å². The normalized spacial score (nSPS) is 10.9. The van der Waals surface area contributed by atoms with E-state index in [0.29, 0.717) is 0 Å². The molecule has 1 nitrogen and oxygen atoms in total. The van der Waals surface area contributed by atoms with Crippen LogP contribution in [-0.4, -0.2) is 6.21 Å². The van der Waals surface area contributed by atoms with Gasteiger partial charge in [0.05, 0.1) is 0 Å². The minimum atomic E-state index is -0.616. The van der Waals surface area contributed by atoms with E-state index < -0.39 is 7.92 Å². The predicted octanol–water partition coefficient (Wildman–Crippen LogP) is 5.09. The molecule has 0 aliphatic carbocycles. The van der Waals surface area contributed by atoms with E-state index in [1.165, 1.54) is 33.3 Å². The first-order valence-electron chi connectivity index (χ1n) is 8.92. The van der Waals surface area contributed by atoms with E-state index in [2.05, 4.69) is 96.4 Å². The van der Waals surface area contributed by atoms with Crippen LogP contribution in [0.3, 0.4) is 0 Å². The lowest BCUT2D eigenvalue weighted by molar-refractivity contribution is 1.22. The minimum absolute atomic E-state index is 0.616. The first-order valence-corrected chi connectivity index (χ1v) is 11.1. The Labute approximate surface area is 165 Å². The second kappa shape index (κ2) is 8.43. The summed E-state index contributed by atoms with van der Waals surface area (Å²) < 4.78 is 0. The summed E-state index contributed by atoms with van der Waals surface area (Å²) >= 11 is 1.64. The average molecular weight is 385 g/mol. The molecule has 0 aliphatic heterocycles. The van der Waals surface area contributed by atoms with Crippen molar-refractivity contribution in [1.82, 2.24) is 0 Å². The largest absolute Gasteiger partial charge is 0.307 e. The van der Waals surface area contributed by atoms with Gasteiger partial charge in [-0.3, -0.25) is 0 Å². The standard InChI is InChI=1S/C24H20NPS/c25-18-24-20(15-16-27-24)17-19-9-7-8-14-23(19)26(21-10-3-1-4-11-21)22-12-5-2-6-13-22/h1-16,18,25H,17H2. The van der Waals surface area contributed by atoms with Gasteiger partial charge in [-0.25, -0.2) is 0 Å². The van der Waals surface area contributed by atoms with Gasteiger partial charge in [-0.2, -0.15) is 0 Å². The Morgan fingerprint density at radius 2 is 1.30 bits per heavy atom. The van der Waals surface area contributed by atoms with Gasteiger partial charge in [0, 0.05) is 11.1 Å². The first-order chi connectivity index (χ1) is 13.4. The van der Waals surface area contributed by atoms with Crippen molar-refractivity contribution in [3.63, 3.8) is 0 Å². The van der Waals surface area contributed by atoms with Crippen molar-refractivity contribution in [3.05, 3.63) is 112 Å². The topological polar surface area (TPSA) is 23.9 Å². The third kappa shape index (κ3) is 3.93. The zero-order valence-electron chi connectivity index (χ0n) is 14.9. The Hall–Kier alpha value is -2.54. The van der Waals surface area contributed by atoms with Crippen molar-refractivity contribution >= 4 is 41.4 Å². The van der Waals surface area contributed by atoms with E-state index in [4.69, 9.17) is 5.41 Å². The number of rotatable bonds is 6. The number of nitrogens with one attached hydrogen (secondary N) is 1. The van der Waals surface area contributed by atoms with Gasteiger partial charge in [0.15, 0.2) is 0 Å². The summed E-state index contributed by atoms with van der Waals surface area (Å²) in [5.41, 5.74) is 2.58. The van der Waals surface area contributed by atoms with Gasteiger partial charge < -0.3 is 5.41 Å². The molecule has 3 heteroatoms. The number of hydrogen-bond acceptors (Lipinski definition) is 2. The van der Waals surface area contributed by atoms with Crippen molar-refractivity contribution < 1.29 is 0 Å². The van der Waals surface area contributed by atoms with E-state index in [9.17, 15) is 0 Å². The molecule has 0 spiro atoms. The molecule has 0 atom stereocenters. The summed E-state index contributed by atoms with van der Waals surface area (Å²) in [6.45, 7) is 0. The third-order valence-electron chi connectivity index (χ3n) is 4.55. The van der Waals surface area contributed by atoms with Crippen molar-refractivity contribution in [3.8, 4) is 0 Å². The van der Waals surface area contributed by atoms with Crippen LogP contribution in [0.25, 0.3) is 0 Å². The van der Waals surface area contributed by atoms with E-state index in [0.717, 1.165) is 11.3 Å². The van der Waals surface area contributed by atoms with Gasteiger partial charge >= 0.3 is 0 Å². The van der Waals surface area contributed by atoms with Crippen LogP contribution in [0, 0.1) is 5.41 Å². The van der Waals surface area contributed by atoms with Crippen molar-refractivity contribution in [1.29, 1.82) is 5.41 Å². The van der Waals surface area contributed by atoms with Crippen LogP contribution in [0.15, 0.2) is 96.4 Å². The second-order valence-corrected chi connectivity index (χ2v) is 9.40. The minimum Gasteiger partial charge on any atom is -0.307 e. The predicted molar refractivity (Wildman–Crippen MR) is 120 cm³/mol. The van der Waals surface area contributed by atoms with Gasteiger partial charge in [0.25, 0.3) is 0 Å². The maximum Gasteiger partial charge on any atom is 0.0481 e. The van der Waals surface area contributed by atoms with Crippen molar-refractivity contribution in [2.75, 3.05) is 0 Å². The van der Waals surface area contributed by atoms with Crippen LogP contribution in [0.2, 0.25) is 0 Å². The van der Waals surface area contributed by atoms with Gasteiger partial charge in [0.2, 0.25) is 0 Å². The Morgan fingerprint density at radius 1 is 0.704 bits per heavy atom. The van der Waals surface area contributed by atoms with Gasteiger partial charge in [-0.1, -0.05) is 84.9 Å². The van der Waals surface area contributed by atoms with Crippen LogP contribution in [0.1, 0.15) is 16.0 Å². The molecule has 3 aromatic carbocycles. The SMILES string of the molecule is N=Cc1sccc1Cc1ccccc1P(c1ccccc1)c1ccccc1. The lowest BCUT2D eigenvalue weighted by Crippen LogP contribution is -2.23. The smallest absolute Gasteiger partial charge is 0.0481 e. The van der Waals surface area contributed by atoms with Gasteiger partial charge in [-0.15, -0.1) is 11.3 Å². The fraction of sp³-hybridized carbons (Fsp3) is 0.0417. The maximum atomic E-state index is 7.66. The lowest BCUT2D eigenvalue weighted by atomic mass is 10.1. The monoisotopic (exact) mass is 385 g/mol. The second-order valence-electron chi connectivity index (χ2n) is 6.27. The molecule has 1 aromatic heterocycles. The molecule has 0 aliphatic rings. The number of hydrogen-bond donors (Lipinski definition) is 1. The highest BCUT2D eigenvalue weighted by atomic mass is 32.1. The molecular formula is C24H20NPS. The molecule has 0 bridgehead atoms. The molecule has 27 heavy (non-hydrogen) atoms. The summed E-state index contributed by atoms with van der Waals surface area (Å²) in [5, 5.41) is 13.9. The summed E-state index contributed by atoms with van der Waals surface area (Å²) in [5.74, 6) is 0. The molecule has 132 valence electrons. The fourth-order valence-electron chi connectivity index (χ4n) is 3.29. The van der Waals surface area contributed by atoms with Crippen molar-refractivity contribution in [2.24, 2.45) is 0 Å². The van der Waals surface area contributed by atoms with E-state index in [1.807, 2.05) is 0 Å². The fourth-order valence-corrected chi connectivity index (χ4v) is 6.49. The highest BCUT2D eigenvalue weighted by molar-refractivity contribution is 7.79. The van der Waals surface area contributed by atoms with Gasteiger partial charge in [-0.05, 0) is 52.8 Å². The Balaban J connectivity index is 1.83. The number of benzene rings is 3. The molecule has 0 fully saturated rings. The third-order valence-corrected chi connectivity index (χ3v) is 8.01. The lowest BCUT2D eigenvalue weighted by Gasteiger charge is -2.22. The molecule has 1 heterocycles. The van der Waals surface area contributed by atoms with E-state index in [-0.39, 0.29) is 0 Å². The first kappa shape index (κ1) is 17.9. The maximum absolute atomic E-state index is 7.66. The van der Waals surface area contributed by atoms with E-state index in [1.54, 1.807) is 11.3 Å². The van der Waals surface area contributed by atoms with Crippen LogP contribution >= 0.6 is 19.3 Å². The summed E-state index contributed by atoms with van der Waals surface area (Å²) in [4.78, 5) is 1.05. The molecule has 4 rings (SSSR count). The zero-order chi connectivity index (χ0) is 18.5. The summed E-state index contributed by atoms with van der Waals surface area (Å²) in [6.07, 6.45) is 2.34. The van der Waals surface area contributed by atoms with Crippen molar-refractivity contribution in [2.45, 2.75) is 6.42 Å². The molecule has 0 saturated heterocycles. The Kier molecular flexibility index (Phi) is 5.58. The van der Waals surface area contributed by atoms with Crippen LogP contribution in [0.4, 0.5) is 0 Å². The average Bonchev–Trinajstić information content (AvgIpc) is 3.18. The van der Waals surface area contributed by atoms with Crippen LogP contribution in [-0.2, 0) is 6.42 Å². The van der Waals surface area contributed by atoms with Crippen LogP contribution in [0.5, 0.6) is 0 Å². The molecule has 1 N–H and O–H groups in total. The Bertz CT molecular complexity index is 985. The summed E-state index contributed by atoms with van der Waals surface area (Å²) in [6, 6.07) is 32.6. The summed E-state index contributed by atoms with van der Waals surface area (Å²) in [7, 11) is -0.616. The molecule has 0 radical (unpaired) electrons. The quantitative estimate of drug-likeness (QED) is 0.353. The van der Waals surface area contributed by atoms with Crippen LogP contribution < -0.4 is 15.9 Å². The highest BCUT2D eigenvalue weighted by Crippen LogP contribution is 2.34. The molecular weight excluding hydrogens is 365 g/mol. The number of thiophene rings is 1. The molecule has 0 saturated carbocycles. The zero-order valence-corrected chi connectivity index (χ0v) is 16.6. The Morgan fingerprint density at radius 3 is 1.93 bits per heavy atom. The van der Waals surface area contributed by atoms with Gasteiger partial charge in [0.1, 0.15) is 0 Å². The molecule has 0 unspecified atom stereocenters. The highest BCUT2D eigenvalue weighted by Gasteiger charge is 2.19.